The summed E-state index contributed by atoms with van der Waals surface area (Å²) >= 11 is 0. The monoisotopic (exact) mass is 570 g/mol. The average molecular weight is 571 g/mol. The van der Waals surface area contributed by atoms with Crippen LogP contribution in [0.4, 0.5) is 34.1 Å². The standard InChI is InChI=1S/C26H31N6O7P/c1-18-5-10-22(25(15-18)32(34)35)28-29-23-17-26(38-3)24(16-19(23)2)30-27-20-6-8-21(9-7-20)31(11-13-33)12-14-39-40(4,36)37/h5-10,15-17,33H,11-14H2,1-4H3,(H,36,37)/b29-28+,30-27+. The first-order valence-corrected chi connectivity index (χ1v) is 14.2. The molecule has 0 amide bonds. The van der Waals surface area contributed by atoms with E-state index >= 15 is 0 Å². The van der Waals surface area contributed by atoms with Gasteiger partial charge in [-0.15, -0.1) is 15.3 Å². The van der Waals surface area contributed by atoms with Crippen molar-refractivity contribution in [3.8, 4) is 5.75 Å². The van der Waals surface area contributed by atoms with Gasteiger partial charge in [0.1, 0.15) is 11.4 Å². The molecule has 3 aromatic carbocycles. The molecule has 0 aromatic heterocycles. The molecule has 212 valence electrons. The molecular weight excluding hydrogens is 539 g/mol. The minimum Gasteiger partial charge on any atom is -0.494 e. The summed E-state index contributed by atoms with van der Waals surface area (Å²) in [6.45, 7) is 5.26. The Hall–Kier alpha value is -4.03. The molecule has 3 aromatic rings. The van der Waals surface area contributed by atoms with Crippen LogP contribution in [0.25, 0.3) is 0 Å². The SMILES string of the molecule is COc1cc(/N=N/c2ccc(C)cc2[N+](=O)[O-])c(C)cc1/N=N/c1ccc(N(CCO)CCOP(C)(=O)O)cc1. The van der Waals surface area contributed by atoms with Crippen LogP contribution in [-0.4, -0.2) is 55.0 Å². The number of nitrogens with zero attached hydrogens (tertiary/aromatic N) is 6. The van der Waals surface area contributed by atoms with Crippen LogP contribution in [0.2, 0.25) is 0 Å². The lowest BCUT2D eigenvalue weighted by Gasteiger charge is -2.24. The van der Waals surface area contributed by atoms with E-state index in [1.165, 1.54) is 13.2 Å². The normalized spacial score (nSPS) is 13.1. The van der Waals surface area contributed by atoms with Gasteiger partial charge in [0, 0.05) is 37.6 Å². The van der Waals surface area contributed by atoms with E-state index < -0.39 is 12.5 Å². The summed E-state index contributed by atoms with van der Waals surface area (Å²) < 4.78 is 21.7. The van der Waals surface area contributed by atoms with Crippen LogP contribution in [0.5, 0.6) is 5.75 Å². The van der Waals surface area contributed by atoms with Crippen molar-refractivity contribution >= 4 is 41.7 Å². The van der Waals surface area contributed by atoms with Gasteiger partial charge >= 0.3 is 7.60 Å². The Morgan fingerprint density at radius 3 is 2.25 bits per heavy atom. The van der Waals surface area contributed by atoms with Gasteiger partial charge in [-0.2, -0.15) is 5.11 Å². The number of benzene rings is 3. The number of nitro groups is 1. The molecule has 0 spiro atoms. The van der Waals surface area contributed by atoms with Crippen LogP contribution in [0.1, 0.15) is 11.1 Å². The maximum Gasteiger partial charge on any atom is 0.325 e. The Morgan fingerprint density at radius 1 is 0.950 bits per heavy atom. The van der Waals surface area contributed by atoms with E-state index in [0.29, 0.717) is 41.5 Å². The van der Waals surface area contributed by atoms with Crippen LogP contribution >= 0.6 is 7.60 Å². The van der Waals surface area contributed by atoms with E-state index in [1.807, 2.05) is 4.90 Å². The molecule has 3 rings (SSSR count). The van der Waals surface area contributed by atoms with E-state index in [1.54, 1.807) is 62.4 Å². The Labute approximate surface area is 231 Å². The first kappa shape index (κ1) is 30.5. The number of hydrogen-bond acceptors (Lipinski definition) is 11. The largest absolute Gasteiger partial charge is 0.494 e. The van der Waals surface area contributed by atoms with Crippen LogP contribution in [0.15, 0.2) is 75.1 Å². The molecule has 13 nitrogen and oxygen atoms in total. The van der Waals surface area contributed by atoms with E-state index in [-0.39, 0.29) is 24.6 Å². The van der Waals surface area contributed by atoms with Gasteiger partial charge in [0.25, 0.3) is 5.69 Å². The van der Waals surface area contributed by atoms with Gasteiger partial charge in [0.2, 0.25) is 0 Å². The smallest absolute Gasteiger partial charge is 0.325 e. The summed E-state index contributed by atoms with van der Waals surface area (Å²) in [7, 11) is -2.10. The highest BCUT2D eigenvalue weighted by atomic mass is 31.2. The Morgan fingerprint density at radius 2 is 1.62 bits per heavy atom. The number of anilines is 1. The van der Waals surface area contributed by atoms with Gasteiger partial charge in [0.05, 0.1) is 36.6 Å². The molecule has 40 heavy (non-hydrogen) atoms. The lowest BCUT2D eigenvalue weighted by atomic mass is 10.1. The van der Waals surface area contributed by atoms with Crippen molar-refractivity contribution in [3.63, 3.8) is 0 Å². The van der Waals surface area contributed by atoms with Crippen molar-refractivity contribution < 1.29 is 28.7 Å². The van der Waals surface area contributed by atoms with Crippen LogP contribution in [-0.2, 0) is 9.09 Å². The quantitative estimate of drug-likeness (QED) is 0.0991. The average Bonchev–Trinajstić information content (AvgIpc) is 2.91. The van der Waals surface area contributed by atoms with E-state index in [9.17, 15) is 24.7 Å². The van der Waals surface area contributed by atoms with Crippen LogP contribution < -0.4 is 9.64 Å². The van der Waals surface area contributed by atoms with Gasteiger partial charge in [-0.05, 0) is 61.4 Å². The second kappa shape index (κ2) is 13.9. The molecule has 0 aliphatic rings. The number of azo groups is 2. The predicted octanol–water partition coefficient (Wildman–Crippen LogP) is 6.68. The zero-order chi connectivity index (χ0) is 29.3. The molecule has 0 radical (unpaired) electrons. The topological polar surface area (TPSA) is 172 Å². The molecule has 2 N–H and O–H groups in total. The summed E-state index contributed by atoms with van der Waals surface area (Å²) in [6.07, 6.45) is 0. The number of aliphatic hydroxyl groups is 1. The maximum atomic E-state index is 11.4. The van der Waals surface area contributed by atoms with Gasteiger partial charge in [0.15, 0.2) is 5.69 Å². The number of aryl methyl sites for hydroxylation is 2. The first-order chi connectivity index (χ1) is 19.0. The Bertz CT molecular complexity index is 1440. The third-order valence-corrected chi connectivity index (χ3v) is 6.30. The molecule has 0 aliphatic carbocycles. The molecule has 0 heterocycles. The van der Waals surface area contributed by atoms with E-state index in [0.717, 1.165) is 17.9 Å². The van der Waals surface area contributed by atoms with Crippen molar-refractivity contribution in [2.45, 2.75) is 13.8 Å². The summed E-state index contributed by atoms with van der Waals surface area (Å²) in [5.41, 5.74) is 3.73. The minimum atomic E-state index is -3.58. The van der Waals surface area contributed by atoms with Crippen molar-refractivity contribution in [3.05, 3.63) is 75.8 Å². The van der Waals surface area contributed by atoms with Crippen LogP contribution in [0, 0.1) is 24.0 Å². The lowest BCUT2D eigenvalue weighted by Crippen LogP contribution is -2.30. The van der Waals surface area contributed by atoms with Crippen molar-refractivity contribution in [1.29, 1.82) is 0 Å². The number of aliphatic hydroxyl groups excluding tert-OH is 1. The molecule has 1 atom stereocenters. The number of hydrogen-bond donors (Lipinski definition) is 2. The van der Waals surface area contributed by atoms with Crippen molar-refractivity contribution in [2.24, 2.45) is 20.5 Å². The fourth-order valence-electron chi connectivity index (χ4n) is 3.64. The minimum absolute atomic E-state index is 0.0301. The molecule has 0 aliphatic heterocycles. The van der Waals surface area contributed by atoms with Gasteiger partial charge in [-0.25, -0.2) is 0 Å². The van der Waals surface area contributed by atoms with Gasteiger partial charge in [-0.1, -0.05) is 6.07 Å². The lowest BCUT2D eigenvalue weighted by molar-refractivity contribution is -0.384. The first-order valence-electron chi connectivity index (χ1n) is 12.2. The zero-order valence-corrected chi connectivity index (χ0v) is 23.5. The van der Waals surface area contributed by atoms with E-state index in [2.05, 4.69) is 20.5 Å². The maximum absolute atomic E-state index is 11.4. The summed E-state index contributed by atoms with van der Waals surface area (Å²) in [5.74, 6) is 0.393. The third-order valence-electron chi connectivity index (χ3n) is 5.64. The number of nitro benzene ring substituents is 1. The summed E-state index contributed by atoms with van der Waals surface area (Å²) in [5, 5.41) is 37.6. The second-order valence-corrected chi connectivity index (χ2v) is 10.7. The number of rotatable bonds is 13. The molecular formula is C26H31N6O7P. The molecule has 1 unspecified atom stereocenters. The fraction of sp³-hybridized carbons (Fsp3) is 0.308. The highest BCUT2D eigenvalue weighted by molar-refractivity contribution is 7.51. The molecule has 0 saturated heterocycles. The van der Waals surface area contributed by atoms with Crippen LogP contribution in [0.3, 0.4) is 0 Å². The molecule has 0 saturated carbocycles. The Kier molecular flexibility index (Phi) is 10.6. The highest BCUT2D eigenvalue weighted by Gasteiger charge is 2.15. The van der Waals surface area contributed by atoms with Crippen molar-refractivity contribution in [1.82, 2.24) is 0 Å². The second-order valence-electron chi connectivity index (χ2n) is 8.82. The van der Waals surface area contributed by atoms with Crippen molar-refractivity contribution in [2.75, 3.05) is 45.0 Å². The molecule has 14 heteroatoms. The predicted molar refractivity (Wildman–Crippen MR) is 151 cm³/mol. The Balaban J connectivity index is 1.77. The zero-order valence-electron chi connectivity index (χ0n) is 22.6. The van der Waals surface area contributed by atoms with Gasteiger partial charge in [-0.3, -0.25) is 14.7 Å². The fourth-order valence-corrected chi connectivity index (χ4v) is 4.06. The van der Waals surface area contributed by atoms with E-state index in [4.69, 9.17) is 9.26 Å². The summed E-state index contributed by atoms with van der Waals surface area (Å²) in [4.78, 5) is 22.0. The number of ether oxygens (including phenoxy) is 1. The van der Waals surface area contributed by atoms with Gasteiger partial charge < -0.3 is 24.2 Å². The summed E-state index contributed by atoms with van der Waals surface area (Å²) in [6, 6.07) is 15.2. The highest BCUT2D eigenvalue weighted by Crippen LogP contribution is 2.38. The molecule has 0 bridgehead atoms. The molecule has 0 fully saturated rings. The third kappa shape index (κ3) is 8.75. The number of methoxy groups -OCH3 is 1.